The van der Waals surface area contributed by atoms with Crippen molar-refractivity contribution in [2.45, 2.75) is 6.92 Å². The van der Waals surface area contributed by atoms with Gasteiger partial charge in [0.2, 0.25) is 0 Å². The summed E-state index contributed by atoms with van der Waals surface area (Å²) in [6.45, 7) is 1.95. The van der Waals surface area contributed by atoms with Crippen LogP contribution in [0, 0.1) is 6.92 Å². The van der Waals surface area contributed by atoms with Crippen LogP contribution in [-0.4, -0.2) is 25.1 Å². The lowest BCUT2D eigenvalue weighted by atomic mass is 10.2. The van der Waals surface area contributed by atoms with Crippen molar-refractivity contribution in [3.63, 3.8) is 0 Å². The molecule has 0 bridgehead atoms. The summed E-state index contributed by atoms with van der Waals surface area (Å²) >= 11 is 0. The summed E-state index contributed by atoms with van der Waals surface area (Å²) in [7, 11) is 3.52. The number of anilines is 1. The van der Waals surface area contributed by atoms with Gasteiger partial charge in [-0.25, -0.2) is 9.80 Å². The van der Waals surface area contributed by atoms with Gasteiger partial charge in [-0.2, -0.15) is 0 Å². The van der Waals surface area contributed by atoms with Gasteiger partial charge in [-0.15, -0.1) is 0 Å². The molecule has 0 aliphatic carbocycles. The summed E-state index contributed by atoms with van der Waals surface area (Å²) in [4.78, 5) is 11.3. The molecule has 0 aliphatic heterocycles. The van der Waals surface area contributed by atoms with Crippen LogP contribution in [0.4, 0.5) is 10.5 Å². The van der Waals surface area contributed by atoms with Crippen molar-refractivity contribution in [2.24, 2.45) is 0 Å². The van der Waals surface area contributed by atoms with Crippen LogP contribution in [0.1, 0.15) is 5.56 Å². The lowest BCUT2D eigenvalue weighted by molar-refractivity contribution is 0.224. The van der Waals surface area contributed by atoms with Crippen molar-refractivity contribution in [3.8, 4) is 0 Å². The zero-order valence-corrected chi connectivity index (χ0v) is 8.66. The molecular formula is C10H15N3O. The number of urea groups is 1. The minimum atomic E-state index is -0.232. The van der Waals surface area contributed by atoms with Gasteiger partial charge in [-0.05, 0) is 18.6 Å². The van der Waals surface area contributed by atoms with Crippen LogP contribution in [0.25, 0.3) is 0 Å². The van der Waals surface area contributed by atoms with Crippen LogP contribution in [0.3, 0.4) is 0 Å². The fourth-order valence-electron chi connectivity index (χ4n) is 1.07. The molecule has 0 saturated carbocycles. The minimum Gasteiger partial charge on any atom is -0.307 e. The molecule has 0 aliphatic rings. The van der Waals surface area contributed by atoms with Crippen molar-refractivity contribution in [1.29, 1.82) is 0 Å². The zero-order valence-electron chi connectivity index (χ0n) is 8.66. The highest BCUT2D eigenvalue weighted by Crippen LogP contribution is 2.12. The first-order chi connectivity index (χ1) is 6.59. The van der Waals surface area contributed by atoms with Gasteiger partial charge in [0.05, 0.1) is 0 Å². The number of hydrogen-bond donors (Lipinski definition) is 2. The molecule has 0 heterocycles. The fraction of sp³-hybridized carbons (Fsp3) is 0.300. The summed E-state index contributed by atoms with van der Waals surface area (Å²) in [6.07, 6.45) is 0. The van der Waals surface area contributed by atoms with Crippen molar-refractivity contribution in [2.75, 3.05) is 19.4 Å². The number of benzene rings is 1. The van der Waals surface area contributed by atoms with Gasteiger partial charge in [0.15, 0.2) is 0 Å². The summed E-state index contributed by atoms with van der Waals surface area (Å²) in [5.41, 5.74) is 4.47. The summed E-state index contributed by atoms with van der Waals surface area (Å²) in [5, 5.41) is 4.34. The third-order valence-corrected chi connectivity index (χ3v) is 1.72. The Morgan fingerprint density at radius 2 is 1.93 bits per heavy atom. The average Bonchev–Trinajstić information content (AvgIpc) is 2.07. The van der Waals surface area contributed by atoms with Gasteiger partial charge < -0.3 is 5.32 Å². The van der Waals surface area contributed by atoms with Crippen LogP contribution >= 0.6 is 0 Å². The first-order valence-corrected chi connectivity index (χ1v) is 4.40. The topological polar surface area (TPSA) is 44.4 Å². The highest BCUT2D eigenvalue weighted by atomic mass is 16.2. The second-order valence-electron chi connectivity index (χ2n) is 3.28. The van der Waals surface area contributed by atoms with Crippen molar-refractivity contribution in [1.82, 2.24) is 10.4 Å². The standard InChI is InChI=1S/C10H15N3O/c1-8-6-4-5-7-9(8)11-10(14)12-13(2)3/h4-7H,1-3H3,(H2,11,12,14). The highest BCUT2D eigenvalue weighted by Gasteiger charge is 2.02. The maximum absolute atomic E-state index is 11.3. The number of hydrogen-bond acceptors (Lipinski definition) is 2. The highest BCUT2D eigenvalue weighted by molar-refractivity contribution is 5.89. The Morgan fingerprint density at radius 3 is 2.50 bits per heavy atom. The SMILES string of the molecule is Cc1ccccc1NC(=O)NN(C)C. The molecule has 0 fully saturated rings. The zero-order chi connectivity index (χ0) is 10.6. The molecular weight excluding hydrogens is 178 g/mol. The Balaban J connectivity index is 2.61. The normalized spacial score (nSPS) is 10.0. The molecule has 0 saturated heterocycles. The van der Waals surface area contributed by atoms with E-state index >= 15 is 0 Å². The number of carbonyl (C=O) groups excluding carboxylic acids is 1. The maximum atomic E-state index is 11.3. The second-order valence-corrected chi connectivity index (χ2v) is 3.28. The van der Waals surface area contributed by atoms with E-state index in [9.17, 15) is 4.79 Å². The molecule has 1 aromatic carbocycles. The third kappa shape index (κ3) is 3.06. The third-order valence-electron chi connectivity index (χ3n) is 1.72. The molecule has 0 unspecified atom stereocenters. The Bertz CT molecular complexity index is 323. The smallest absolute Gasteiger partial charge is 0.307 e. The van der Waals surface area contributed by atoms with Gasteiger partial charge in [0, 0.05) is 19.8 Å². The quantitative estimate of drug-likeness (QED) is 0.700. The van der Waals surface area contributed by atoms with E-state index in [1.54, 1.807) is 19.1 Å². The molecule has 0 spiro atoms. The molecule has 0 radical (unpaired) electrons. The van der Waals surface area contributed by atoms with Crippen LogP contribution < -0.4 is 10.7 Å². The van der Waals surface area contributed by atoms with Gasteiger partial charge in [-0.3, -0.25) is 5.43 Å². The van der Waals surface area contributed by atoms with Crippen LogP contribution in [0.5, 0.6) is 0 Å². The van der Waals surface area contributed by atoms with Crippen molar-refractivity contribution < 1.29 is 4.79 Å². The predicted molar refractivity (Wildman–Crippen MR) is 57.0 cm³/mol. The monoisotopic (exact) mass is 193 g/mol. The van der Waals surface area contributed by atoms with E-state index in [2.05, 4.69) is 10.7 Å². The molecule has 1 rings (SSSR count). The largest absolute Gasteiger partial charge is 0.333 e. The molecule has 4 nitrogen and oxygen atoms in total. The van der Waals surface area contributed by atoms with Gasteiger partial charge >= 0.3 is 6.03 Å². The molecule has 14 heavy (non-hydrogen) atoms. The first-order valence-electron chi connectivity index (χ1n) is 4.40. The van der Waals surface area contributed by atoms with E-state index in [1.165, 1.54) is 0 Å². The number of amides is 2. The van der Waals surface area contributed by atoms with Crippen LogP contribution in [-0.2, 0) is 0 Å². The molecule has 2 amide bonds. The summed E-state index contributed by atoms with van der Waals surface area (Å²) < 4.78 is 0. The number of aryl methyl sites for hydroxylation is 1. The molecule has 0 atom stereocenters. The second kappa shape index (κ2) is 4.62. The van der Waals surface area contributed by atoms with Crippen LogP contribution in [0.15, 0.2) is 24.3 Å². The maximum Gasteiger partial charge on any atom is 0.333 e. The number of para-hydroxylation sites is 1. The molecule has 2 N–H and O–H groups in total. The number of nitrogens with one attached hydrogen (secondary N) is 2. The lowest BCUT2D eigenvalue weighted by Gasteiger charge is -2.13. The number of carbonyl (C=O) groups is 1. The summed E-state index contributed by atoms with van der Waals surface area (Å²) in [6, 6.07) is 7.41. The van der Waals surface area contributed by atoms with Crippen molar-refractivity contribution in [3.05, 3.63) is 29.8 Å². The van der Waals surface area contributed by atoms with E-state index in [1.807, 2.05) is 31.2 Å². The molecule has 1 aromatic rings. The molecule has 76 valence electrons. The predicted octanol–water partition coefficient (Wildman–Crippen LogP) is 1.59. The fourth-order valence-corrected chi connectivity index (χ4v) is 1.07. The Hall–Kier alpha value is -1.55. The van der Waals surface area contributed by atoms with Gasteiger partial charge in [-0.1, -0.05) is 18.2 Å². The summed E-state index contributed by atoms with van der Waals surface area (Å²) in [5.74, 6) is 0. The van der Waals surface area contributed by atoms with Crippen LogP contribution in [0.2, 0.25) is 0 Å². The van der Waals surface area contributed by atoms with E-state index < -0.39 is 0 Å². The Kier molecular flexibility index (Phi) is 3.48. The minimum absolute atomic E-state index is 0.232. The van der Waals surface area contributed by atoms with Gasteiger partial charge in [0.1, 0.15) is 0 Å². The van der Waals surface area contributed by atoms with Gasteiger partial charge in [0.25, 0.3) is 0 Å². The Labute approximate surface area is 83.9 Å². The van der Waals surface area contributed by atoms with E-state index in [4.69, 9.17) is 0 Å². The van der Waals surface area contributed by atoms with E-state index in [-0.39, 0.29) is 6.03 Å². The number of hydrazine groups is 1. The number of nitrogens with zero attached hydrogens (tertiary/aromatic N) is 1. The van der Waals surface area contributed by atoms with E-state index in [0.29, 0.717) is 0 Å². The number of rotatable bonds is 2. The molecule has 0 aromatic heterocycles. The average molecular weight is 193 g/mol. The lowest BCUT2D eigenvalue weighted by Crippen LogP contribution is -2.39. The first kappa shape index (κ1) is 10.5. The van der Waals surface area contributed by atoms with E-state index in [0.717, 1.165) is 11.3 Å². The molecule has 4 heteroatoms. The van der Waals surface area contributed by atoms with Crippen molar-refractivity contribution >= 4 is 11.7 Å². The Morgan fingerprint density at radius 1 is 1.29 bits per heavy atom.